The van der Waals surface area contributed by atoms with Crippen molar-refractivity contribution in [3.05, 3.63) is 53.6 Å². The van der Waals surface area contributed by atoms with E-state index in [0.29, 0.717) is 17.2 Å². The first-order valence-electron chi connectivity index (χ1n) is 8.24. The van der Waals surface area contributed by atoms with Crippen molar-refractivity contribution in [3.63, 3.8) is 0 Å². The van der Waals surface area contributed by atoms with Crippen LogP contribution in [-0.2, 0) is 9.53 Å². The molecule has 0 saturated heterocycles. The topological polar surface area (TPSA) is 73.9 Å². The van der Waals surface area contributed by atoms with Gasteiger partial charge in [-0.25, -0.2) is 4.79 Å². The van der Waals surface area contributed by atoms with E-state index in [0.717, 1.165) is 5.56 Å². The summed E-state index contributed by atoms with van der Waals surface area (Å²) >= 11 is 0. The van der Waals surface area contributed by atoms with Gasteiger partial charge >= 0.3 is 5.97 Å². The third-order valence-electron chi connectivity index (χ3n) is 3.82. The molecule has 2 aromatic carbocycles. The van der Waals surface area contributed by atoms with E-state index in [2.05, 4.69) is 5.32 Å². The molecule has 2 rings (SSSR count). The Morgan fingerprint density at radius 3 is 2.42 bits per heavy atom. The highest BCUT2D eigenvalue weighted by Gasteiger charge is 2.17. The van der Waals surface area contributed by atoms with Crippen LogP contribution in [0, 0.1) is 0 Å². The molecule has 0 radical (unpaired) electrons. The molecule has 0 bridgehead atoms. The Balaban J connectivity index is 2.01. The zero-order valence-corrected chi connectivity index (χ0v) is 15.4. The second kappa shape index (κ2) is 8.89. The van der Waals surface area contributed by atoms with Crippen LogP contribution in [0.2, 0.25) is 0 Å². The fourth-order valence-corrected chi connectivity index (χ4v) is 2.48. The lowest BCUT2D eigenvalue weighted by Gasteiger charge is -2.14. The van der Waals surface area contributed by atoms with E-state index in [4.69, 9.17) is 14.2 Å². The number of nitrogens with one attached hydrogen (secondary N) is 1. The van der Waals surface area contributed by atoms with Gasteiger partial charge in [0.2, 0.25) is 0 Å². The average Bonchev–Trinajstić information content (AvgIpc) is 2.65. The SMILES string of the molecule is COc1ccc(C(=O)OCC(=O)Nc2ccccc2C(C)C)c(OC)c1. The summed E-state index contributed by atoms with van der Waals surface area (Å²) in [5, 5.41) is 2.78. The number of carbonyl (C=O) groups is 2. The largest absolute Gasteiger partial charge is 0.497 e. The minimum Gasteiger partial charge on any atom is -0.497 e. The number of esters is 1. The van der Waals surface area contributed by atoms with Crippen molar-refractivity contribution >= 4 is 17.6 Å². The number of para-hydroxylation sites is 1. The van der Waals surface area contributed by atoms with E-state index >= 15 is 0 Å². The van der Waals surface area contributed by atoms with Gasteiger partial charge in [0, 0.05) is 11.8 Å². The monoisotopic (exact) mass is 357 g/mol. The fraction of sp³-hybridized carbons (Fsp3) is 0.300. The Hall–Kier alpha value is -3.02. The van der Waals surface area contributed by atoms with E-state index in [1.165, 1.54) is 20.3 Å². The second-order valence-corrected chi connectivity index (χ2v) is 5.93. The quantitative estimate of drug-likeness (QED) is 0.766. The first-order chi connectivity index (χ1) is 12.5. The van der Waals surface area contributed by atoms with E-state index in [1.54, 1.807) is 12.1 Å². The number of carbonyl (C=O) groups excluding carboxylic acids is 2. The van der Waals surface area contributed by atoms with Crippen LogP contribution in [0.4, 0.5) is 5.69 Å². The Morgan fingerprint density at radius 2 is 1.77 bits per heavy atom. The van der Waals surface area contributed by atoms with Gasteiger partial charge in [-0.3, -0.25) is 4.79 Å². The fourth-order valence-electron chi connectivity index (χ4n) is 2.48. The van der Waals surface area contributed by atoms with Gasteiger partial charge in [0.25, 0.3) is 5.91 Å². The number of methoxy groups -OCH3 is 2. The number of anilines is 1. The van der Waals surface area contributed by atoms with Crippen molar-refractivity contribution in [1.82, 2.24) is 0 Å². The van der Waals surface area contributed by atoms with Crippen LogP contribution >= 0.6 is 0 Å². The van der Waals surface area contributed by atoms with E-state index < -0.39 is 11.9 Å². The number of hydrogen-bond acceptors (Lipinski definition) is 5. The van der Waals surface area contributed by atoms with Gasteiger partial charge in [0.05, 0.1) is 14.2 Å². The third kappa shape index (κ3) is 4.75. The molecule has 0 atom stereocenters. The summed E-state index contributed by atoms with van der Waals surface area (Å²) in [6.45, 7) is 3.70. The maximum Gasteiger partial charge on any atom is 0.342 e. The Bertz CT molecular complexity index is 786. The van der Waals surface area contributed by atoms with Crippen LogP contribution in [0.3, 0.4) is 0 Å². The van der Waals surface area contributed by atoms with Gasteiger partial charge < -0.3 is 19.5 Å². The lowest BCUT2D eigenvalue weighted by atomic mass is 10.0. The highest BCUT2D eigenvalue weighted by atomic mass is 16.5. The minimum absolute atomic E-state index is 0.226. The first-order valence-corrected chi connectivity index (χ1v) is 8.24. The molecule has 26 heavy (non-hydrogen) atoms. The Labute approximate surface area is 153 Å². The molecule has 0 saturated carbocycles. The molecule has 1 N–H and O–H groups in total. The summed E-state index contributed by atoms with van der Waals surface area (Å²) in [5.41, 5.74) is 1.96. The van der Waals surface area contributed by atoms with Crippen molar-refractivity contribution in [2.24, 2.45) is 0 Å². The highest BCUT2D eigenvalue weighted by Crippen LogP contribution is 2.25. The molecule has 0 aliphatic rings. The van der Waals surface area contributed by atoms with Crippen molar-refractivity contribution in [1.29, 1.82) is 0 Å². The summed E-state index contributed by atoms with van der Waals surface area (Å²) < 4.78 is 15.4. The number of benzene rings is 2. The van der Waals surface area contributed by atoms with Gasteiger partial charge in [0.15, 0.2) is 6.61 Å². The maximum atomic E-state index is 12.2. The van der Waals surface area contributed by atoms with Gasteiger partial charge in [-0.15, -0.1) is 0 Å². The number of rotatable bonds is 7. The zero-order chi connectivity index (χ0) is 19.1. The summed E-state index contributed by atoms with van der Waals surface area (Å²) in [6.07, 6.45) is 0. The normalized spacial score (nSPS) is 10.3. The van der Waals surface area contributed by atoms with E-state index in [1.807, 2.05) is 38.1 Å². The molecule has 0 unspecified atom stereocenters. The summed E-state index contributed by atoms with van der Waals surface area (Å²) in [5.74, 6) is 0.0923. The number of ether oxygens (including phenoxy) is 3. The lowest BCUT2D eigenvalue weighted by molar-refractivity contribution is -0.119. The predicted octanol–water partition coefficient (Wildman–Crippen LogP) is 3.62. The molecule has 0 aliphatic heterocycles. The standard InChI is InChI=1S/C20H23NO5/c1-13(2)15-7-5-6-8-17(15)21-19(22)12-26-20(23)16-10-9-14(24-3)11-18(16)25-4/h5-11,13H,12H2,1-4H3,(H,21,22). The molecule has 6 heteroatoms. The van der Waals surface area contributed by atoms with E-state index in [-0.39, 0.29) is 18.1 Å². The van der Waals surface area contributed by atoms with Gasteiger partial charge in [0.1, 0.15) is 17.1 Å². The van der Waals surface area contributed by atoms with Crippen molar-refractivity contribution in [3.8, 4) is 11.5 Å². The molecule has 0 heterocycles. The second-order valence-electron chi connectivity index (χ2n) is 5.93. The zero-order valence-electron chi connectivity index (χ0n) is 15.4. The molecule has 0 aromatic heterocycles. The molecule has 0 spiro atoms. The smallest absolute Gasteiger partial charge is 0.342 e. The summed E-state index contributed by atoms with van der Waals surface area (Å²) in [7, 11) is 2.97. The minimum atomic E-state index is -0.642. The molecule has 1 amide bonds. The van der Waals surface area contributed by atoms with Crippen molar-refractivity contribution < 1.29 is 23.8 Å². The summed E-state index contributed by atoms with van der Waals surface area (Å²) in [6, 6.07) is 12.3. The number of amides is 1. The van der Waals surface area contributed by atoms with Gasteiger partial charge in [-0.1, -0.05) is 32.0 Å². The van der Waals surface area contributed by atoms with E-state index in [9.17, 15) is 9.59 Å². The molecule has 0 fully saturated rings. The lowest BCUT2D eigenvalue weighted by Crippen LogP contribution is -2.22. The average molecular weight is 357 g/mol. The van der Waals surface area contributed by atoms with Gasteiger partial charge in [-0.2, -0.15) is 0 Å². The molecule has 0 aliphatic carbocycles. The predicted molar refractivity (Wildman–Crippen MR) is 99.0 cm³/mol. The Morgan fingerprint density at radius 1 is 1.04 bits per heavy atom. The maximum absolute atomic E-state index is 12.2. The van der Waals surface area contributed by atoms with Crippen molar-refractivity contribution in [2.45, 2.75) is 19.8 Å². The van der Waals surface area contributed by atoms with Crippen molar-refractivity contribution in [2.75, 3.05) is 26.1 Å². The molecular formula is C20H23NO5. The van der Waals surface area contributed by atoms with Crippen LogP contribution in [0.1, 0.15) is 35.7 Å². The first kappa shape index (κ1) is 19.3. The van der Waals surface area contributed by atoms with Crippen LogP contribution in [-0.4, -0.2) is 32.7 Å². The highest BCUT2D eigenvalue weighted by molar-refractivity contribution is 5.97. The van der Waals surface area contributed by atoms with Crippen LogP contribution in [0.5, 0.6) is 11.5 Å². The van der Waals surface area contributed by atoms with Crippen LogP contribution < -0.4 is 14.8 Å². The van der Waals surface area contributed by atoms with Crippen LogP contribution in [0.15, 0.2) is 42.5 Å². The molecular weight excluding hydrogens is 334 g/mol. The third-order valence-corrected chi connectivity index (χ3v) is 3.82. The molecule has 138 valence electrons. The molecule has 6 nitrogen and oxygen atoms in total. The summed E-state index contributed by atoms with van der Waals surface area (Å²) in [4.78, 5) is 24.4. The Kier molecular flexibility index (Phi) is 6.60. The molecule has 2 aromatic rings. The van der Waals surface area contributed by atoms with Crippen LogP contribution in [0.25, 0.3) is 0 Å². The number of hydrogen-bond donors (Lipinski definition) is 1. The van der Waals surface area contributed by atoms with Gasteiger partial charge in [-0.05, 0) is 29.7 Å².